The van der Waals surface area contributed by atoms with Crippen LogP contribution in [0.1, 0.15) is 0 Å². The Labute approximate surface area is 303 Å². The number of hydrogen-bond acceptors (Lipinski definition) is 0. The van der Waals surface area contributed by atoms with E-state index >= 15 is 0 Å². The molecule has 0 nitrogen and oxygen atoms in total. The maximum Gasteiger partial charge on any atom is -0.00990 e. The predicted molar refractivity (Wildman–Crippen MR) is 224 cm³/mol. The van der Waals surface area contributed by atoms with Gasteiger partial charge in [0, 0.05) is 0 Å². The van der Waals surface area contributed by atoms with Gasteiger partial charge in [0.05, 0.1) is 0 Å². The molecule has 52 heavy (non-hydrogen) atoms. The lowest BCUT2D eigenvalue weighted by molar-refractivity contribution is 1.55. The van der Waals surface area contributed by atoms with E-state index in [9.17, 15) is 0 Å². The summed E-state index contributed by atoms with van der Waals surface area (Å²) in [5, 5.41) is 10.2. The Kier molecular flexibility index (Phi) is 7.25. The summed E-state index contributed by atoms with van der Waals surface area (Å²) in [4.78, 5) is 0. The van der Waals surface area contributed by atoms with Gasteiger partial charge in [0.25, 0.3) is 0 Å². The third-order valence-electron chi connectivity index (χ3n) is 10.6. The zero-order valence-electron chi connectivity index (χ0n) is 28.6. The van der Waals surface area contributed by atoms with E-state index in [1.54, 1.807) is 0 Å². The van der Waals surface area contributed by atoms with Crippen LogP contribution in [0.25, 0.3) is 98.7 Å². The standard InChI is InChI=1S/C52H34/c1-2-13-35(14-3-1)45-18-6-8-20-48(45)50-22-10-11-23-51(50)49-21-9-7-19-46(49)36-25-27-37(28-26-36)47-24-12-17-40-31-43-32-41-29-38-15-4-5-16-39(38)30-42(41)33-44(43)34-52(40)47/h1-34H. The third-order valence-corrected chi connectivity index (χ3v) is 10.6. The van der Waals surface area contributed by atoms with Crippen molar-refractivity contribution in [1.29, 1.82) is 0 Å². The Morgan fingerprint density at radius 3 is 1.04 bits per heavy atom. The maximum absolute atomic E-state index is 2.38. The summed E-state index contributed by atoms with van der Waals surface area (Å²) in [6, 6.07) is 75.6. The van der Waals surface area contributed by atoms with Crippen molar-refractivity contribution in [3.8, 4) is 55.6 Å². The number of hydrogen-bond donors (Lipinski definition) is 0. The molecule has 0 amide bonds. The molecule has 0 heteroatoms. The molecule has 0 fully saturated rings. The average Bonchev–Trinajstić information content (AvgIpc) is 3.21. The summed E-state index contributed by atoms with van der Waals surface area (Å²) in [6.45, 7) is 0. The number of fused-ring (bicyclic) bond motifs is 4. The Morgan fingerprint density at radius 1 is 0.173 bits per heavy atom. The lowest BCUT2D eigenvalue weighted by Crippen LogP contribution is -1.91. The van der Waals surface area contributed by atoms with Gasteiger partial charge in [0.1, 0.15) is 0 Å². The Bertz CT molecular complexity index is 2930. The van der Waals surface area contributed by atoms with Gasteiger partial charge < -0.3 is 0 Å². The second-order valence-corrected chi connectivity index (χ2v) is 13.7. The average molecular weight is 659 g/mol. The minimum absolute atomic E-state index is 1.20. The van der Waals surface area contributed by atoms with Crippen LogP contribution in [0.15, 0.2) is 206 Å². The molecular weight excluding hydrogens is 625 g/mol. The van der Waals surface area contributed by atoms with E-state index in [-0.39, 0.29) is 0 Å². The van der Waals surface area contributed by atoms with Crippen LogP contribution in [0.4, 0.5) is 0 Å². The summed E-state index contributed by atoms with van der Waals surface area (Å²) < 4.78 is 0. The fourth-order valence-electron chi connectivity index (χ4n) is 8.06. The first-order valence-electron chi connectivity index (χ1n) is 18.0. The van der Waals surface area contributed by atoms with Gasteiger partial charge in [0.2, 0.25) is 0 Å². The van der Waals surface area contributed by atoms with Crippen molar-refractivity contribution < 1.29 is 0 Å². The zero-order chi connectivity index (χ0) is 34.4. The molecule has 0 N–H and O–H groups in total. The largest absolute Gasteiger partial charge is 0.0622 e. The highest BCUT2D eigenvalue weighted by Crippen LogP contribution is 2.42. The van der Waals surface area contributed by atoms with E-state index in [4.69, 9.17) is 0 Å². The van der Waals surface area contributed by atoms with Crippen LogP contribution in [0.2, 0.25) is 0 Å². The third kappa shape index (κ3) is 5.25. The Morgan fingerprint density at radius 2 is 0.500 bits per heavy atom. The highest BCUT2D eigenvalue weighted by Gasteiger charge is 2.15. The molecule has 0 aliphatic rings. The fourth-order valence-corrected chi connectivity index (χ4v) is 8.06. The van der Waals surface area contributed by atoms with E-state index in [0.29, 0.717) is 0 Å². The highest BCUT2D eigenvalue weighted by molar-refractivity contribution is 6.10. The molecular formula is C52H34. The van der Waals surface area contributed by atoms with Crippen molar-refractivity contribution in [3.05, 3.63) is 206 Å². The first-order chi connectivity index (χ1) is 25.8. The molecule has 0 saturated carbocycles. The zero-order valence-corrected chi connectivity index (χ0v) is 28.6. The summed E-state index contributed by atoms with van der Waals surface area (Å²) in [6.07, 6.45) is 0. The number of rotatable bonds is 5. The monoisotopic (exact) mass is 658 g/mol. The van der Waals surface area contributed by atoms with Crippen LogP contribution >= 0.6 is 0 Å². The molecule has 0 aliphatic carbocycles. The van der Waals surface area contributed by atoms with Crippen LogP contribution in [0.3, 0.4) is 0 Å². The Hall–Kier alpha value is -6.76. The van der Waals surface area contributed by atoms with Gasteiger partial charge in [-0.2, -0.15) is 0 Å². The molecule has 0 radical (unpaired) electrons. The van der Waals surface area contributed by atoms with Crippen molar-refractivity contribution in [2.75, 3.05) is 0 Å². The molecule has 0 heterocycles. The van der Waals surface area contributed by atoms with E-state index in [1.165, 1.54) is 98.7 Å². The fraction of sp³-hybridized carbons (Fsp3) is 0. The second-order valence-electron chi connectivity index (χ2n) is 13.7. The predicted octanol–water partition coefficient (Wildman–Crippen LogP) is 14.6. The number of benzene rings is 10. The second kappa shape index (κ2) is 12.5. The molecule has 10 aromatic carbocycles. The maximum atomic E-state index is 2.38. The summed E-state index contributed by atoms with van der Waals surface area (Å²) in [5.41, 5.74) is 12.3. The van der Waals surface area contributed by atoms with Gasteiger partial charge in [0.15, 0.2) is 0 Å². The van der Waals surface area contributed by atoms with Gasteiger partial charge >= 0.3 is 0 Å². The molecule has 0 bridgehead atoms. The van der Waals surface area contributed by atoms with Gasteiger partial charge in [-0.1, -0.05) is 170 Å². The van der Waals surface area contributed by atoms with Crippen LogP contribution in [0, 0.1) is 0 Å². The van der Waals surface area contributed by atoms with Crippen molar-refractivity contribution in [2.45, 2.75) is 0 Å². The minimum atomic E-state index is 1.20. The lowest BCUT2D eigenvalue weighted by atomic mass is 9.86. The van der Waals surface area contributed by atoms with Crippen LogP contribution < -0.4 is 0 Å². The Balaban J connectivity index is 1.05. The normalized spacial score (nSPS) is 11.5. The summed E-state index contributed by atoms with van der Waals surface area (Å²) in [7, 11) is 0. The first kappa shape index (κ1) is 30.1. The van der Waals surface area contributed by atoms with E-state index < -0.39 is 0 Å². The van der Waals surface area contributed by atoms with Gasteiger partial charge in [-0.05, 0) is 135 Å². The first-order valence-corrected chi connectivity index (χ1v) is 18.0. The van der Waals surface area contributed by atoms with E-state index in [2.05, 4.69) is 206 Å². The summed E-state index contributed by atoms with van der Waals surface area (Å²) >= 11 is 0. The lowest BCUT2D eigenvalue weighted by Gasteiger charge is -2.17. The highest BCUT2D eigenvalue weighted by atomic mass is 14.2. The van der Waals surface area contributed by atoms with Crippen LogP contribution in [0.5, 0.6) is 0 Å². The molecule has 242 valence electrons. The van der Waals surface area contributed by atoms with E-state index in [0.717, 1.165) is 0 Å². The van der Waals surface area contributed by atoms with Crippen molar-refractivity contribution >= 4 is 43.1 Å². The van der Waals surface area contributed by atoms with Crippen LogP contribution in [-0.2, 0) is 0 Å². The molecule has 0 saturated heterocycles. The molecule has 0 aliphatic heterocycles. The van der Waals surface area contributed by atoms with Gasteiger partial charge in [-0.25, -0.2) is 0 Å². The molecule has 0 atom stereocenters. The molecule has 0 aromatic heterocycles. The molecule has 0 unspecified atom stereocenters. The van der Waals surface area contributed by atoms with Crippen LogP contribution in [-0.4, -0.2) is 0 Å². The quantitative estimate of drug-likeness (QED) is 0.161. The topological polar surface area (TPSA) is 0 Å². The van der Waals surface area contributed by atoms with E-state index in [1.807, 2.05) is 0 Å². The smallest absolute Gasteiger partial charge is 0.00990 e. The van der Waals surface area contributed by atoms with Crippen molar-refractivity contribution in [2.24, 2.45) is 0 Å². The summed E-state index contributed by atoms with van der Waals surface area (Å²) in [5.74, 6) is 0. The van der Waals surface area contributed by atoms with Crippen molar-refractivity contribution in [1.82, 2.24) is 0 Å². The minimum Gasteiger partial charge on any atom is -0.0622 e. The molecule has 0 spiro atoms. The van der Waals surface area contributed by atoms with Gasteiger partial charge in [-0.3, -0.25) is 0 Å². The van der Waals surface area contributed by atoms with Crippen molar-refractivity contribution in [3.63, 3.8) is 0 Å². The SMILES string of the molecule is c1ccc(-c2ccccc2-c2ccccc2-c2ccccc2-c2ccc(-c3cccc4cc5cc6cc7ccccc7cc6cc5cc34)cc2)cc1. The molecule has 10 aromatic rings. The van der Waals surface area contributed by atoms with Gasteiger partial charge in [-0.15, -0.1) is 0 Å². The molecule has 10 rings (SSSR count).